The smallest absolute Gasteiger partial charge is 0.320 e. The van der Waals surface area contributed by atoms with E-state index in [1.54, 1.807) is 7.11 Å². The van der Waals surface area contributed by atoms with Gasteiger partial charge < -0.3 is 9.47 Å². The molecule has 0 bridgehead atoms. The summed E-state index contributed by atoms with van der Waals surface area (Å²) < 4.78 is 10.4. The van der Waals surface area contributed by atoms with Gasteiger partial charge in [-0.15, -0.1) is 0 Å². The minimum absolute atomic E-state index is 0.0721. The van der Waals surface area contributed by atoms with Crippen molar-refractivity contribution < 1.29 is 14.3 Å². The predicted octanol–water partition coefficient (Wildman–Crippen LogP) is 2.08. The Kier molecular flexibility index (Phi) is 5.65. The van der Waals surface area contributed by atoms with Crippen LogP contribution < -0.4 is 4.74 Å². The first-order valence-corrected chi connectivity index (χ1v) is 6.03. The molecule has 0 aliphatic rings. The predicted molar refractivity (Wildman–Crippen MR) is 70.6 cm³/mol. The molecule has 4 heteroatoms. The highest BCUT2D eigenvalue weighted by atomic mass is 16.5. The number of hydrogen-bond acceptors (Lipinski definition) is 4. The molecule has 100 valence electrons. The summed E-state index contributed by atoms with van der Waals surface area (Å²) in [5.41, 5.74) is 1.06. The van der Waals surface area contributed by atoms with Crippen molar-refractivity contribution in [1.29, 1.82) is 0 Å². The Morgan fingerprint density at radius 3 is 2.61 bits per heavy atom. The second-order valence-electron chi connectivity index (χ2n) is 4.52. The molecule has 1 aromatic carbocycles. The second kappa shape index (κ2) is 7.01. The van der Waals surface area contributed by atoms with E-state index >= 15 is 0 Å². The van der Waals surface area contributed by atoms with Crippen LogP contribution in [0.3, 0.4) is 0 Å². The van der Waals surface area contributed by atoms with E-state index in [1.807, 2.05) is 50.1 Å². The molecule has 1 aromatic rings. The van der Waals surface area contributed by atoms with E-state index in [9.17, 15) is 4.79 Å². The highest BCUT2D eigenvalue weighted by Gasteiger charge is 2.11. The molecule has 0 N–H and O–H groups in total. The summed E-state index contributed by atoms with van der Waals surface area (Å²) in [4.78, 5) is 13.4. The highest BCUT2D eigenvalue weighted by molar-refractivity contribution is 5.71. The lowest BCUT2D eigenvalue weighted by molar-refractivity contribution is -0.148. The van der Waals surface area contributed by atoms with Gasteiger partial charge in [0.2, 0.25) is 0 Å². The SMILES string of the molecule is COc1ccccc1CN(C)CC(=O)OC(C)C. The summed E-state index contributed by atoms with van der Waals surface area (Å²) in [5, 5.41) is 0. The van der Waals surface area contributed by atoms with Gasteiger partial charge in [0.25, 0.3) is 0 Å². The zero-order valence-corrected chi connectivity index (χ0v) is 11.5. The maximum Gasteiger partial charge on any atom is 0.320 e. The Bertz CT molecular complexity index is 390. The summed E-state index contributed by atoms with van der Waals surface area (Å²) in [6.07, 6.45) is -0.0721. The molecular formula is C14H21NO3. The molecule has 0 heterocycles. The van der Waals surface area contributed by atoms with E-state index in [4.69, 9.17) is 9.47 Å². The fraction of sp³-hybridized carbons (Fsp3) is 0.500. The van der Waals surface area contributed by atoms with Crippen molar-refractivity contribution in [1.82, 2.24) is 4.90 Å². The van der Waals surface area contributed by atoms with E-state index in [-0.39, 0.29) is 18.6 Å². The van der Waals surface area contributed by atoms with E-state index in [2.05, 4.69) is 0 Å². The molecule has 0 radical (unpaired) electrons. The first-order valence-electron chi connectivity index (χ1n) is 6.03. The van der Waals surface area contributed by atoms with Gasteiger partial charge in [-0.3, -0.25) is 9.69 Å². The highest BCUT2D eigenvalue weighted by Crippen LogP contribution is 2.18. The molecule has 0 aliphatic heterocycles. The number of esters is 1. The quantitative estimate of drug-likeness (QED) is 0.726. The van der Waals surface area contributed by atoms with Crippen molar-refractivity contribution in [3.8, 4) is 5.75 Å². The Labute approximate surface area is 108 Å². The van der Waals surface area contributed by atoms with E-state index < -0.39 is 0 Å². The molecule has 0 atom stereocenters. The zero-order chi connectivity index (χ0) is 13.5. The van der Waals surface area contributed by atoms with Crippen LogP contribution in [0.25, 0.3) is 0 Å². The minimum atomic E-state index is -0.206. The molecule has 18 heavy (non-hydrogen) atoms. The van der Waals surface area contributed by atoms with Gasteiger partial charge in [-0.25, -0.2) is 0 Å². The lowest BCUT2D eigenvalue weighted by Crippen LogP contribution is -2.28. The van der Waals surface area contributed by atoms with Crippen LogP contribution in [0.1, 0.15) is 19.4 Å². The number of benzene rings is 1. The van der Waals surface area contributed by atoms with Gasteiger partial charge in [0.05, 0.1) is 19.8 Å². The van der Waals surface area contributed by atoms with Crippen LogP contribution in [0.2, 0.25) is 0 Å². The first-order chi connectivity index (χ1) is 8.52. The normalized spacial score (nSPS) is 10.8. The summed E-state index contributed by atoms with van der Waals surface area (Å²) in [6.45, 7) is 4.61. The van der Waals surface area contributed by atoms with Crippen LogP contribution >= 0.6 is 0 Å². The number of hydrogen-bond donors (Lipinski definition) is 0. The summed E-state index contributed by atoms with van der Waals surface area (Å²) in [6, 6.07) is 7.78. The summed E-state index contributed by atoms with van der Waals surface area (Å²) in [5.74, 6) is 0.629. The Morgan fingerprint density at radius 2 is 2.00 bits per heavy atom. The van der Waals surface area contributed by atoms with E-state index in [0.717, 1.165) is 11.3 Å². The van der Waals surface area contributed by atoms with E-state index in [1.165, 1.54) is 0 Å². The molecule has 0 amide bonds. The topological polar surface area (TPSA) is 38.8 Å². The number of nitrogens with zero attached hydrogens (tertiary/aromatic N) is 1. The average molecular weight is 251 g/mol. The lowest BCUT2D eigenvalue weighted by Gasteiger charge is -2.18. The zero-order valence-electron chi connectivity index (χ0n) is 11.5. The van der Waals surface area contributed by atoms with Crippen molar-refractivity contribution in [3.63, 3.8) is 0 Å². The van der Waals surface area contributed by atoms with Crippen molar-refractivity contribution >= 4 is 5.97 Å². The molecule has 0 saturated heterocycles. The number of ether oxygens (including phenoxy) is 2. The Hall–Kier alpha value is -1.55. The number of para-hydroxylation sites is 1. The summed E-state index contributed by atoms with van der Waals surface area (Å²) in [7, 11) is 3.53. The van der Waals surface area contributed by atoms with E-state index in [0.29, 0.717) is 6.54 Å². The van der Waals surface area contributed by atoms with Gasteiger partial charge in [0, 0.05) is 12.1 Å². The minimum Gasteiger partial charge on any atom is -0.496 e. The molecule has 0 aliphatic carbocycles. The van der Waals surface area contributed by atoms with Gasteiger partial charge >= 0.3 is 5.97 Å². The van der Waals surface area contributed by atoms with Crippen LogP contribution in [0.4, 0.5) is 0 Å². The van der Waals surface area contributed by atoms with Crippen LogP contribution in [-0.4, -0.2) is 37.7 Å². The van der Waals surface area contributed by atoms with Gasteiger partial charge in [-0.1, -0.05) is 18.2 Å². The summed E-state index contributed by atoms with van der Waals surface area (Å²) >= 11 is 0. The number of methoxy groups -OCH3 is 1. The molecule has 0 saturated carbocycles. The number of rotatable bonds is 6. The maximum atomic E-state index is 11.5. The molecule has 4 nitrogen and oxygen atoms in total. The second-order valence-corrected chi connectivity index (χ2v) is 4.52. The van der Waals surface area contributed by atoms with Gasteiger partial charge in [-0.05, 0) is 27.0 Å². The molecule has 0 fully saturated rings. The molecule has 0 unspecified atom stereocenters. The standard InChI is InChI=1S/C14H21NO3/c1-11(2)18-14(16)10-15(3)9-12-7-5-6-8-13(12)17-4/h5-8,11H,9-10H2,1-4H3. The third-order valence-electron chi connectivity index (χ3n) is 2.40. The number of carbonyl (C=O) groups is 1. The maximum absolute atomic E-state index is 11.5. The van der Waals surface area contributed by atoms with Crippen molar-refractivity contribution in [2.24, 2.45) is 0 Å². The number of carbonyl (C=O) groups excluding carboxylic acids is 1. The molecule has 1 rings (SSSR count). The van der Waals surface area contributed by atoms with Gasteiger partial charge in [-0.2, -0.15) is 0 Å². The Balaban J connectivity index is 2.54. The largest absolute Gasteiger partial charge is 0.496 e. The van der Waals surface area contributed by atoms with Crippen LogP contribution in [0.5, 0.6) is 5.75 Å². The fourth-order valence-electron chi connectivity index (χ4n) is 1.70. The molecule has 0 spiro atoms. The van der Waals surface area contributed by atoms with Crippen molar-refractivity contribution in [2.75, 3.05) is 20.7 Å². The van der Waals surface area contributed by atoms with Crippen LogP contribution in [0.15, 0.2) is 24.3 Å². The molecule has 0 aromatic heterocycles. The monoisotopic (exact) mass is 251 g/mol. The van der Waals surface area contributed by atoms with Crippen LogP contribution in [0, 0.1) is 0 Å². The molecular weight excluding hydrogens is 230 g/mol. The van der Waals surface area contributed by atoms with Crippen molar-refractivity contribution in [2.45, 2.75) is 26.5 Å². The third kappa shape index (κ3) is 4.75. The first kappa shape index (κ1) is 14.5. The van der Waals surface area contributed by atoms with Gasteiger partial charge in [0.1, 0.15) is 5.75 Å². The van der Waals surface area contributed by atoms with Crippen LogP contribution in [-0.2, 0) is 16.1 Å². The third-order valence-corrected chi connectivity index (χ3v) is 2.40. The number of likely N-dealkylation sites (N-methyl/N-ethyl adjacent to an activating group) is 1. The van der Waals surface area contributed by atoms with Crippen molar-refractivity contribution in [3.05, 3.63) is 29.8 Å². The Morgan fingerprint density at radius 1 is 1.33 bits per heavy atom. The lowest BCUT2D eigenvalue weighted by atomic mass is 10.2. The fourth-order valence-corrected chi connectivity index (χ4v) is 1.70. The van der Waals surface area contributed by atoms with Gasteiger partial charge in [0.15, 0.2) is 0 Å². The average Bonchev–Trinajstić information content (AvgIpc) is 2.28.